The highest BCUT2D eigenvalue weighted by Crippen LogP contribution is 2.16. The molecular weight excluding hydrogens is 488 g/mol. The number of rotatable bonds is 14. The van der Waals surface area contributed by atoms with E-state index in [-0.39, 0.29) is 25.0 Å². The smallest absolute Gasteiger partial charge is 0.407 e. The van der Waals surface area contributed by atoms with Gasteiger partial charge in [0.25, 0.3) is 0 Å². The topological polar surface area (TPSA) is 127 Å². The number of alkyl carbamates (subject to hydrolysis) is 1. The van der Waals surface area contributed by atoms with E-state index in [1.165, 1.54) is 11.3 Å². The van der Waals surface area contributed by atoms with E-state index in [0.717, 1.165) is 16.0 Å². The summed E-state index contributed by atoms with van der Waals surface area (Å²) >= 11 is 1.40. The molecule has 3 aromatic rings. The molecule has 0 saturated heterocycles. The summed E-state index contributed by atoms with van der Waals surface area (Å²) in [7, 11) is 0. The van der Waals surface area contributed by atoms with E-state index in [1.807, 2.05) is 74.5 Å². The van der Waals surface area contributed by atoms with Crippen molar-refractivity contribution >= 4 is 23.3 Å². The molecule has 2 aromatic carbocycles. The van der Waals surface area contributed by atoms with Crippen LogP contribution in [0, 0.1) is 5.92 Å². The van der Waals surface area contributed by atoms with Gasteiger partial charge in [-0.25, -0.2) is 4.79 Å². The number of carbonyl (C=O) groups excluding carboxylic acids is 2. The van der Waals surface area contributed by atoms with Crippen molar-refractivity contribution in [3.63, 3.8) is 0 Å². The van der Waals surface area contributed by atoms with Gasteiger partial charge in [0.1, 0.15) is 6.61 Å². The third kappa shape index (κ3) is 9.60. The van der Waals surface area contributed by atoms with Crippen LogP contribution in [0.2, 0.25) is 0 Å². The molecule has 8 nitrogen and oxygen atoms in total. The number of aromatic nitrogens is 1. The number of ether oxygens (including phenoxy) is 1. The number of aliphatic hydroxyl groups excluding tert-OH is 1. The molecule has 5 N–H and O–H groups in total. The second kappa shape index (κ2) is 14.5. The average Bonchev–Trinajstić information content (AvgIpc) is 3.40. The number of nitrogens with two attached hydrogens (primary N) is 1. The highest BCUT2D eigenvalue weighted by Gasteiger charge is 2.29. The molecular formula is C28H36N4O4S. The van der Waals surface area contributed by atoms with Gasteiger partial charge in [-0.3, -0.25) is 9.78 Å². The normalized spacial score (nSPS) is 14.5. The number of primary amides is 1. The molecule has 1 heterocycles. The Morgan fingerprint density at radius 1 is 1.03 bits per heavy atom. The van der Waals surface area contributed by atoms with Gasteiger partial charge in [0.05, 0.1) is 28.6 Å². The maximum atomic E-state index is 12.6. The lowest BCUT2D eigenvalue weighted by molar-refractivity contribution is -0.121. The first-order chi connectivity index (χ1) is 17.8. The number of benzene rings is 2. The second-order valence-corrected chi connectivity index (χ2v) is 10.4. The number of thiazole rings is 1. The van der Waals surface area contributed by atoms with Crippen molar-refractivity contribution in [2.45, 2.75) is 63.9 Å². The molecule has 0 aliphatic heterocycles. The Kier molecular flexibility index (Phi) is 11.1. The predicted molar refractivity (Wildman–Crippen MR) is 145 cm³/mol. The first kappa shape index (κ1) is 28.3. The number of hydrogen-bond acceptors (Lipinski definition) is 7. The molecule has 0 fully saturated rings. The lowest BCUT2D eigenvalue weighted by Crippen LogP contribution is -2.53. The fraction of sp³-hybridized carbons (Fsp3) is 0.393. The zero-order valence-electron chi connectivity index (χ0n) is 21.2. The lowest BCUT2D eigenvalue weighted by atomic mass is 9.92. The maximum Gasteiger partial charge on any atom is 0.407 e. The Balaban J connectivity index is 1.75. The number of nitrogens with one attached hydrogen (secondary N) is 2. The van der Waals surface area contributed by atoms with Crippen molar-refractivity contribution in [1.29, 1.82) is 0 Å². The molecule has 0 bridgehead atoms. The Hall–Kier alpha value is -3.27. The molecule has 198 valence electrons. The first-order valence-corrected chi connectivity index (χ1v) is 13.3. The fourth-order valence-corrected chi connectivity index (χ4v) is 4.72. The van der Waals surface area contributed by atoms with Crippen molar-refractivity contribution in [3.8, 4) is 0 Å². The summed E-state index contributed by atoms with van der Waals surface area (Å²) in [5, 5.41) is 17.6. The maximum absolute atomic E-state index is 12.6. The predicted octanol–water partition coefficient (Wildman–Crippen LogP) is 3.44. The summed E-state index contributed by atoms with van der Waals surface area (Å²) in [6.45, 7) is 3.96. The van der Waals surface area contributed by atoms with Gasteiger partial charge in [0, 0.05) is 12.2 Å². The van der Waals surface area contributed by atoms with E-state index >= 15 is 0 Å². The van der Waals surface area contributed by atoms with Crippen LogP contribution in [0.3, 0.4) is 0 Å². The molecule has 0 saturated carbocycles. The summed E-state index contributed by atoms with van der Waals surface area (Å²) in [6, 6.07) is 18.1. The van der Waals surface area contributed by atoms with Crippen molar-refractivity contribution in [3.05, 3.63) is 88.4 Å². The van der Waals surface area contributed by atoms with Crippen molar-refractivity contribution < 1.29 is 19.4 Å². The van der Waals surface area contributed by atoms with Crippen LogP contribution in [0.4, 0.5) is 4.79 Å². The molecule has 2 amide bonds. The molecule has 0 spiro atoms. The minimum atomic E-state index is -0.918. The first-order valence-electron chi connectivity index (χ1n) is 12.4. The number of carbonyl (C=O) groups is 2. The molecule has 0 radical (unpaired) electrons. The van der Waals surface area contributed by atoms with Crippen LogP contribution in [0.25, 0.3) is 0 Å². The Morgan fingerprint density at radius 3 is 2.19 bits per heavy atom. The van der Waals surface area contributed by atoms with Gasteiger partial charge in [-0.2, -0.15) is 0 Å². The number of nitrogens with zero attached hydrogens (tertiary/aromatic N) is 1. The second-order valence-electron chi connectivity index (χ2n) is 9.46. The zero-order valence-corrected chi connectivity index (χ0v) is 22.1. The Bertz CT molecular complexity index is 1080. The molecule has 9 heteroatoms. The van der Waals surface area contributed by atoms with Crippen LogP contribution < -0.4 is 16.4 Å². The van der Waals surface area contributed by atoms with Crippen LogP contribution in [0.15, 0.2) is 72.4 Å². The van der Waals surface area contributed by atoms with Gasteiger partial charge in [-0.15, -0.1) is 11.3 Å². The molecule has 4 atom stereocenters. The van der Waals surface area contributed by atoms with E-state index in [9.17, 15) is 14.7 Å². The third-order valence-electron chi connectivity index (χ3n) is 6.13. The zero-order chi connectivity index (χ0) is 26.6. The molecule has 1 aromatic heterocycles. The van der Waals surface area contributed by atoms with E-state index in [4.69, 9.17) is 10.5 Å². The summed E-state index contributed by atoms with van der Waals surface area (Å²) in [6.07, 6.45) is 1.41. The lowest BCUT2D eigenvalue weighted by Gasteiger charge is -2.31. The van der Waals surface area contributed by atoms with Crippen LogP contribution in [0.1, 0.15) is 36.3 Å². The van der Waals surface area contributed by atoms with Crippen LogP contribution in [0.5, 0.6) is 0 Å². The van der Waals surface area contributed by atoms with Gasteiger partial charge in [-0.1, -0.05) is 74.5 Å². The summed E-state index contributed by atoms with van der Waals surface area (Å²) in [4.78, 5) is 29.6. The van der Waals surface area contributed by atoms with E-state index < -0.39 is 30.2 Å². The van der Waals surface area contributed by atoms with Gasteiger partial charge in [-0.05, 0) is 36.3 Å². The molecule has 37 heavy (non-hydrogen) atoms. The highest BCUT2D eigenvalue weighted by molar-refractivity contribution is 7.09. The van der Waals surface area contributed by atoms with Crippen molar-refractivity contribution in [1.82, 2.24) is 15.6 Å². The summed E-state index contributed by atoms with van der Waals surface area (Å²) < 4.78 is 5.37. The largest absolute Gasteiger partial charge is 0.444 e. The van der Waals surface area contributed by atoms with Gasteiger partial charge >= 0.3 is 6.09 Å². The standard InChI is InChI=1S/C28H36N4O4S/c1-19(2)26(27(29)34)31-22(13-20-9-5-3-6-10-20)15-25(33)24(14-21-11-7-4-8-12-21)32-28(35)36-17-23-16-30-18-37-23/h3-12,16,18-19,22,24-26,31,33H,13-15,17H2,1-2H3,(H2,29,34)(H,32,35). The van der Waals surface area contributed by atoms with Gasteiger partial charge < -0.3 is 26.2 Å². The SMILES string of the molecule is CC(C)C(NC(Cc1ccccc1)CC(O)C(Cc1ccccc1)NC(=O)OCc1cncs1)C(N)=O. The van der Waals surface area contributed by atoms with E-state index in [0.29, 0.717) is 12.8 Å². The Labute approximate surface area is 222 Å². The highest BCUT2D eigenvalue weighted by atomic mass is 32.1. The van der Waals surface area contributed by atoms with Crippen molar-refractivity contribution in [2.75, 3.05) is 0 Å². The summed E-state index contributed by atoms with van der Waals surface area (Å²) in [5.74, 6) is -0.457. The quantitative estimate of drug-likeness (QED) is 0.256. The van der Waals surface area contributed by atoms with Crippen LogP contribution in [-0.4, -0.2) is 46.3 Å². The average molecular weight is 525 g/mol. The molecule has 3 rings (SSSR count). The molecule has 4 unspecified atom stereocenters. The summed E-state index contributed by atoms with van der Waals surface area (Å²) in [5.41, 5.74) is 9.38. The van der Waals surface area contributed by atoms with Gasteiger partial charge in [0.2, 0.25) is 5.91 Å². The van der Waals surface area contributed by atoms with Crippen molar-refractivity contribution in [2.24, 2.45) is 11.7 Å². The van der Waals surface area contributed by atoms with Gasteiger partial charge in [0.15, 0.2) is 0 Å². The molecule has 0 aliphatic rings. The third-order valence-corrected chi connectivity index (χ3v) is 6.89. The minimum absolute atomic E-state index is 0.0205. The van der Waals surface area contributed by atoms with Crippen LogP contribution in [-0.2, 0) is 29.0 Å². The van der Waals surface area contributed by atoms with E-state index in [1.54, 1.807) is 11.7 Å². The number of hydrogen-bond donors (Lipinski definition) is 4. The number of aliphatic hydroxyl groups is 1. The molecule has 0 aliphatic carbocycles. The Morgan fingerprint density at radius 2 is 1.65 bits per heavy atom. The van der Waals surface area contributed by atoms with E-state index in [2.05, 4.69) is 15.6 Å². The fourth-order valence-electron chi connectivity index (χ4n) is 4.22. The minimum Gasteiger partial charge on any atom is -0.444 e. The van der Waals surface area contributed by atoms with Crippen LogP contribution >= 0.6 is 11.3 Å². The number of amides is 2. The monoisotopic (exact) mass is 524 g/mol.